The van der Waals surface area contributed by atoms with Crippen molar-refractivity contribution in [3.05, 3.63) is 0 Å². The standard InChI is InChI=1S/C6H11ClN2O2/c1-11-6(10)4-2-9-5(7)3-8-4/h4-5,8-9H,2-3H2,1H3. The Labute approximate surface area is 70.2 Å². The summed E-state index contributed by atoms with van der Waals surface area (Å²) in [6.07, 6.45) is 0. The van der Waals surface area contributed by atoms with Crippen LogP contribution in [0, 0.1) is 0 Å². The fourth-order valence-corrected chi connectivity index (χ4v) is 1.12. The second-order valence-electron chi connectivity index (χ2n) is 2.36. The highest BCUT2D eigenvalue weighted by Gasteiger charge is 2.24. The molecule has 1 aliphatic rings. The molecule has 5 heteroatoms. The Morgan fingerprint density at radius 1 is 1.55 bits per heavy atom. The van der Waals surface area contributed by atoms with Gasteiger partial charge in [-0.05, 0) is 0 Å². The molecule has 1 saturated heterocycles. The summed E-state index contributed by atoms with van der Waals surface area (Å²) in [6, 6.07) is -0.255. The highest BCUT2D eigenvalue weighted by molar-refractivity contribution is 6.20. The van der Waals surface area contributed by atoms with Gasteiger partial charge >= 0.3 is 5.97 Å². The van der Waals surface area contributed by atoms with Crippen LogP contribution in [0.1, 0.15) is 0 Å². The molecule has 64 valence electrons. The molecule has 2 atom stereocenters. The molecule has 0 aromatic rings. The zero-order valence-electron chi connectivity index (χ0n) is 6.26. The monoisotopic (exact) mass is 178 g/mol. The molecule has 0 saturated carbocycles. The Hall–Kier alpha value is -0.320. The lowest BCUT2D eigenvalue weighted by Gasteiger charge is -2.25. The number of hydrogen-bond donors (Lipinski definition) is 2. The molecule has 2 unspecified atom stereocenters. The lowest BCUT2D eigenvalue weighted by atomic mass is 10.2. The van der Waals surface area contributed by atoms with Gasteiger partial charge in [-0.2, -0.15) is 0 Å². The SMILES string of the molecule is COC(=O)C1CNC(Cl)CN1. The third-order valence-electron chi connectivity index (χ3n) is 1.57. The first kappa shape index (κ1) is 8.77. The summed E-state index contributed by atoms with van der Waals surface area (Å²) >= 11 is 5.70. The summed E-state index contributed by atoms with van der Waals surface area (Å²) in [5.74, 6) is -0.249. The zero-order chi connectivity index (χ0) is 8.27. The number of rotatable bonds is 1. The summed E-state index contributed by atoms with van der Waals surface area (Å²) in [5.41, 5.74) is -0.0871. The third kappa shape index (κ3) is 2.32. The number of halogens is 1. The maximum absolute atomic E-state index is 10.9. The molecule has 0 radical (unpaired) electrons. The summed E-state index contributed by atoms with van der Waals surface area (Å²) < 4.78 is 4.54. The van der Waals surface area contributed by atoms with Crippen molar-refractivity contribution in [1.82, 2.24) is 10.6 Å². The van der Waals surface area contributed by atoms with Gasteiger partial charge in [0, 0.05) is 13.1 Å². The third-order valence-corrected chi connectivity index (χ3v) is 1.88. The van der Waals surface area contributed by atoms with Crippen LogP contribution in [0.25, 0.3) is 0 Å². The molecule has 2 N–H and O–H groups in total. The number of piperazine rings is 1. The van der Waals surface area contributed by atoms with E-state index < -0.39 is 0 Å². The number of nitrogens with one attached hydrogen (secondary N) is 2. The van der Waals surface area contributed by atoms with E-state index in [1.54, 1.807) is 0 Å². The molecule has 0 spiro atoms. The van der Waals surface area contributed by atoms with Crippen LogP contribution in [-0.2, 0) is 9.53 Å². The number of ether oxygens (including phenoxy) is 1. The molecule has 0 amide bonds. The van der Waals surface area contributed by atoms with Crippen LogP contribution >= 0.6 is 11.6 Å². The van der Waals surface area contributed by atoms with E-state index in [4.69, 9.17) is 11.6 Å². The molecule has 11 heavy (non-hydrogen) atoms. The van der Waals surface area contributed by atoms with Gasteiger partial charge in [0.25, 0.3) is 0 Å². The van der Waals surface area contributed by atoms with Crippen molar-refractivity contribution in [2.45, 2.75) is 11.5 Å². The van der Waals surface area contributed by atoms with Gasteiger partial charge in [0.2, 0.25) is 0 Å². The second kappa shape index (κ2) is 3.90. The molecule has 1 aliphatic heterocycles. The van der Waals surface area contributed by atoms with Crippen molar-refractivity contribution in [2.24, 2.45) is 0 Å². The van der Waals surface area contributed by atoms with Crippen molar-refractivity contribution in [3.63, 3.8) is 0 Å². The first-order chi connectivity index (χ1) is 5.24. The van der Waals surface area contributed by atoms with Crippen LogP contribution in [0.5, 0.6) is 0 Å². The van der Waals surface area contributed by atoms with Crippen LogP contribution in [0.2, 0.25) is 0 Å². The molecule has 0 bridgehead atoms. The Bertz CT molecular complexity index is 146. The van der Waals surface area contributed by atoms with E-state index in [-0.39, 0.29) is 17.5 Å². The number of hydrogen-bond acceptors (Lipinski definition) is 4. The minimum Gasteiger partial charge on any atom is -0.468 e. The van der Waals surface area contributed by atoms with Crippen LogP contribution in [0.4, 0.5) is 0 Å². The lowest BCUT2D eigenvalue weighted by molar-refractivity contribution is -0.143. The van der Waals surface area contributed by atoms with Gasteiger partial charge in [-0.1, -0.05) is 0 Å². The number of esters is 1. The van der Waals surface area contributed by atoms with Gasteiger partial charge in [-0.25, -0.2) is 0 Å². The summed E-state index contributed by atoms with van der Waals surface area (Å²) in [7, 11) is 1.37. The molecule has 1 fully saturated rings. The highest BCUT2D eigenvalue weighted by atomic mass is 35.5. The Kier molecular flexibility index (Phi) is 3.11. The minimum atomic E-state index is -0.255. The maximum atomic E-state index is 10.9. The van der Waals surface area contributed by atoms with E-state index >= 15 is 0 Å². The van der Waals surface area contributed by atoms with Crippen molar-refractivity contribution < 1.29 is 9.53 Å². The minimum absolute atomic E-state index is 0.0871. The fourth-order valence-electron chi connectivity index (χ4n) is 0.945. The van der Waals surface area contributed by atoms with Crippen molar-refractivity contribution in [3.8, 4) is 0 Å². The van der Waals surface area contributed by atoms with Crippen LogP contribution in [0.15, 0.2) is 0 Å². The zero-order valence-corrected chi connectivity index (χ0v) is 7.02. The fraction of sp³-hybridized carbons (Fsp3) is 0.833. The predicted octanol–water partition coefficient (Wildman–Crippen LogP) is -0.714. The molecule has 1 rings (SSSR count). The summed E-state index contributed by atoms with van der Waals surface area (Å²) in [5, 5.41) is 5.90. The summed E-state index contributed by atoms with van der Waals surface area (Å²) in [4.78, 5) is 10.9. The van der Waals surface area contributed by atoms with Crippen LogP contribution in [0.3, 0.4) is 0 Å². The van der Waals surface area contributed by atoms with Crippen molar-refractivity contribution in [1.29, 1.82) is 0 Å². The Morgan fingerprint density at radius 3 is 2.73 bits per heavy atom. The lowest BCUT2D eigenvalue weighted by Crippen LogP contribution is -2.55. The van der Waals surface area contributed by atoms with E-state index in [0.717, 1.165) is 0 Å². The molecule has 0 aromatic heterocycles. The average Bonchev–Trinajstić information content (AvgIpc) is 2.05. The van der Waals surface area contributed by atoms with Gasteiger partial charge in [-0.15, -0.1) is 11.6 Å². The van der Waals surface area contributed by atoms with Crippen LogP contribution in [-0.4, -0.2) is 37.7 Å². The van der Waals surface area contributed by atoms with Crippen molar-refractivity contribution in [2.75, 3.05) is 20.2 Å². The number of carbonyl (C=O) groups excluding carboxylic acids is 1. The Balaban J connectivity index is 2.33. The van der Waals surface area contributed by atoms with Crippen molar-refractivity contribution >= 4 is 17.6 Å². The molecule has 0 aliphatic carbocycles. The highest BCUT2D eigenvalue weighted by Crippen LogP contribution is 1.98. The van der Waals surface area contributed by atoms with Gasteiger partial charge in [0.05, 0.1) is 12.6 Å². The van der Waals surface area contributed by atoms with Gasteiger partial charge in [-0.3, -0.25) is 10.1 Å². The number of carbonyl (C=O) groups is 1. The van der Waals surface area contributed by atoms with Crippen LogP contribution < -0.4 is 10.6 Å². The van der Waals surface area contributed by atoms with E-state index in [1.165, 1.54) is 7.11 Å². The predicted molar refractivity (Wildman–Crippen MR) is 41.5 cm³/mol. The van der Waals surface area contributed by atoms with Gasteiger partial charge in [0.15, 0.2) is 0 Å². The van der Waals surface area contributed by atoms with E-state index in [9.17, 15) is 4.79 Å². The maximum Gasteiger partial charge on any atom is 0.324 e. The summed E-state index contributed by atoms with van der Waals surface area (Å²) in [6.45, 7) is 1.11. The van der Waals surface area contributed by atoms with E-state index in [0.29, 0.717) is 13.1 Å². The van der Waals surface area contributed by atoms with E-state index in [2.05, 4.69) is 15.4 Å². The second-order valence-corrected chi connectivity index (χ2v) is 2.89. The smallest absolute Gasteiger partial charge is 0.324 e. The molecular weight excluding hydrogens is 168 g/mol. The first-order valence-corrected chi connectivity index (χ1v) is 3.86. The number of alkyl halides is 1. The molecule has 0 aromatic carbocycles. The Morgan fingerprint density at radius 2 is 2.27 bits per heavy atom. The molecular formula is C6H11ClN2O2. The first-order valence-electron chi connectivity index (χ1n) is 3.42. The van der Waals surface area contributed by atoms with Gasteiger partial charge in [0.1, 0.15) is 6.04 Å². The molecule has 1 heterocycles. The average molecular weight is 179 g/mol. The molecule has 4 nitrogen and oxygen atoms in total. The largest absolute Gasteiger partial charge is 0.468 e. The normalized spacial score (nSPS) is 31.5. The van der Waals surface area contributed by atoms with Gasteiger partial charge < -0.3 is 10.1 Å². The number of methoxy groups -OCH3 is 1. The quantitative estimate of drug-likeness (QED) is 0.316. The topological polar surface area (TPSA) is 50.4 Å². The van der Waals surface area contributed by atoms with E-state index in [1.807, 2.05) is 0 Å².